The van der Waals surface area contributed by atoms with Crippen molar-refractivity contribution in [1.29, 1.82) is 0 Å². The molecule has 0 spiro atoms. The van der Waals surface area contributed by atoms with Gasteiger partial charge < -0.3 is 14.7 Å². The van der Waals surface area contributed by atoms with Gasteiger partial charge in [-0.15, -0.1) is 10.2 Å². The molecule has 0 aliphatic carbocycles. The third-order valence-corrected chi connectivity index (χ3v) is 6.62. The van der Waals surface area contributed by atoms with Gasteiger partial charge in [0.25, 0.3) is 0 Å². The minimum atomic E-state index is -0.286. The van der Waals surface area contributed by atoms with E-state index < -0.39 is 0 Å². The molecule has 4 rings (SSSR count). The molecule has 1 saturated heterocycles. The second-order valence-corrected chi connectivity index (χ2v) is 9.34. The molecule has 2 aromatic carbocycles. The number of benzene rings is 2. The van der Waals surface area contributed by atoms with Gasteiger partial charge in [0.05, 0.1) is 18.7 Å². The van der Waals surface area contributed by atoms with Crippen LogP contribution in [0.25, 0.3) is 11.3 Å². The molecular weight excluding hydrogens is 469 g/mol. The topological polar surface area (TPSA) is 69.6 Å². The van der Waals surface area contributed by atoms with Crippen LogP contribution in [0, 0.1) is 5.82 Å². The highest BCUT2D eigenvalue weighted by Crippen LogP contribution is 2.20. The van der Waals surface area contributed by atoms with Crippen molar-refractivity contribution in [3.05, 3.63) is 78.1 Å². The number of rotatable bonds is 9. The number of hydrogen-bond donors (Lipinski definition) is 0. The van der Waals surface area contributed by atoms with E-state index in [0.29, 0.717) is 38.3 Å². The molecule has 194 valence electrons. The Labute approximate surface area is 217 Å². The van der Waals surface area contributed by atoms with Crippen molar-refractivity contribution in [2.75, 3.05) is 44.2 Å². The summed E-state index contributed by atoms with van der Waals surface area (Å²) < 4.78 is 13.2. The predicted octanol–water partition coefficient (Wildman–Crippen LogP) is 4.19. The average molecular weight is 504 g/mol. The lowest BCUT2D eigenvalue weighted by Crippen LogP contribution is -2.45. The van der Waals surface area contributed by atoms with Gasteiger partial charge >= 0.3 is 0 Å². The Morgan fingerprint density at radius 1 is 0.919 bits per heavy atom. The Morgan fingerprint density at radius 3 is 2.41 bits per heavy atom. The Morgan fingerprint density at radius 2 is 1.70 bits per heavy atom. The molecule has 37 heavy (non-hydrogen) atoms. The predicted molar refractivity (Wildman–Crippen MR) is 142 cm³/mol. The molecule has 0 bridgehead atoms. The van der Waals surface area contributed by atoms with Crippen LogP contribution in [0.3, 0.4) is 0 Å². The number of anilines is 1. The molecule has 0 N–H and O–H groups in total. The van der Waals surface area contributed by atoms with Crippen molar-refractivity contribution in [2.24, 2.45) is 0 Å². The number of carbonyl (C=O) groups excluding carboxylic acids is 2. The van der Waals surface area contributed by atoms with Crippen LogP contribution in [0.5, 0.6) is 0 Å². The van der Waals surface area contributed by atoms with Crippen molar-refractivity contribution < 1.29 is 14.0 Å². The smallest absolute Gasteiger partial charge is 0.242 e. The number of carbonyl (C=O) groups is 2. The van der Waals surface area contributed by atoms with Gasteiger partial charge in [0.1, 0.15) is 5.82 Å². The Kier molecular flexibility index (Phi) is 9.18. The van der Waals surface area contributed by atoms with Crippen LogP contribution < -0.4 is 4.90 Å². The Bertz CT molecular complexity index is 1160. The summed E-state index contributed by atoms with van der Waals surface area (Å²) in [4.78, 5) is 31.9. The highest BCUT2D eigenvalue weighted by Gasteiger charge is 2.24. The molecule has 0 unspecified atom stereocenters. The SMILES string of the molecule is CCCCN(CC(=O)N1CCCN(c2ccc(-c3ccc(F)cc3)nn2)CC1)C(=O)Cc1ccccc1. The lowest BCUT2D eigenvalue weighted by molar-refractivity contribution is -0.140. The fourth-order valence-corrected chi connectivity index (χ4v) is 4.45. The van der Waals surface area contributed by atoms with E-state index in [1.54, 1.807) is 17.0 Å². The molecule has 0 atom stereocenters. The molecule has 0 radical (unpaired) electrons. The van der Waals surface area contributed by atoms with Crippen molar-refractivity contribution in [3.8, 4) is 11.3 Å². The van der Waals surface area contributed by atoms with Gasteiger partial charge in [-0.1, -0.05) is 43.7 Å². The fourth-order valence-electron chi connectivity index (χ4n) is 4.45. The zero-order valence-corrected chi connectivity index (χ0v) is 21.4. The van der Waals surface area contributed by atoms with Crippen LogP contribution in [-0.2, 0) is 16.0 Å². The normalized spacial score (nSPS) is 13.8. The Balaban J connectivity index is 1.34. The summed E-state index contributed by atoms with van der Waals surface area (Å²) in [5.74, 6) is 0.437. The standard InChI is InChI=1S/C29H34FN5O2/c1-2-3-16-35(28(36)21-23-8-5-4-6-9-23)22-29(37)34-18-7-17-33(19-20-34)27-15-14-26(31-32-27)24-10-12-25(30)13-11-24/h4-6,8-15H,2-3,7,16-22H2,1H3. The van der Waals surface area contributed by atoms with Crippen molar-refractivity contribution in [3.63, 3.8) is 0 Å². The van der Waals surface area contributed by atoms with Crippen LogP contribution in [0.4, 0.5) is 10.2 Å². The molecular formula is C29H34FN5O2. The van der Waals surface area contributed by atoms with E-state index in [1.807, 2.05) is 47.4 Å². The molecule has 3 aromatic rings. The van der Waals surface area contributed by atoms with E-state index in [0.717, 1.165) is 42.8 Å². The van der Waals surface area contributed by atoms with Crippen LogP contribution in [0.1, 0.15) is 31.7 Å². The molecule has 2 heterocycles. The van der Waals surface area contributed by atoms with Gasteiger partial charge in [0, 0.05) is 38.3 Å². The van der Waals surface area contributed by atoms with Gasteiger partial charge in [0.15, 0.2) is 5.82 Å². The third-order valence-electron chi connectivity index (χ3n) is 6.62. The summed E-state index contributed by atoms with van der Waals surface area (Å²) in [6, 6.07) is 19.6. The number of nitrogens with zero attached hydrogens (tertiary/aromatic N) is 5. The average Bonchev–Trinajstić information content (AvgIpc) is 3.19. The van der Waals surface area contributed by atoms with Crippen LogP contribution in [0.15, 0.2) is 66.7 Å². The number of aromatic nitrogens is 2. The number of unbranched alkanes of at least 4 members (excludes halogenated alkanes) is 1. The first kappa shape index (κ1) is 26.3. The minimum absolute atomic E-state index is 0.0130. The maximum atomic E-state index is 13.2. The minimum Gasteiger partial charge on any atom is -0.353 e. The van der Waals surface area contributed by atoms with Crippen LogP contribution in [-0.4, -0.2) is 71.1 Å². The molecule has 7 nitrogen and oxygen atoms in total. The number of amides is 2. The highest BCUT2D eigenvalue weighted by atomic mass is 19.1. The lowest BCUT2D eigenvalue weighted by Gasteiger charge is -2.27. The lowest BCUT2D eigenvalue weighted by atomic mass is 10.1. The first-order valence-electron chi connectivity index (χ1n) is 13.0. The van der Waals surface area contributed by atoms with Crippen molar-refractivity contribution >= 4 is 17.6 Å². The van der Waals surface area contributed by atoms with Crippen LogP contribution >= 0.6 is 0 Å². The zero-order valence-electron chi connectivity index (χ0n) is 21.4. The maximum absolute atomic E-state index is 13.2. The summed E-state index contributed by atoms with van der Waals surface area (Å²) in [6.45, 7) is 5.39. The summed E-state index contributed by atoms with van der Waals surface area (Å²) in [5.41, 5.74) is 2.45. The van der Waals surface area contributed by atoms with E-state index in [2.05, 4.69) is 22.0 Å². The summed E-state index contributed by atoms with van der Waals surface area (Å²) in [5, 5.41) is 8.71. The molecule has 1 aliphatic rings. The highest BCUT2D eigenvalue weighted by molar-refractivity contribution is 5.86. The van der Waals surface area contributed by atoms with Gasteiger partial charge in [-0.05, 0) is 54.8 Å². The summed E-state index contributed by atoms with van der Waals surface area (Å²) >= 11 is 0. The van der Waals surface area contributed by atoms with Crippen LogP contribution in [0.2, 0.25) is 0 Å². The van der Waals surface area contributed by atoms with Crippen molar-refractivity contribution in [2.45, 2.75) is 32.6 Å². The zero-order chi connectivity index (χ0) is 26.0. The molecule has 1 aliphatic heterocycles. The van der Waals surface area contributed by atoms with E-state index in [9.17, 15) is 14.0 Å². The number of halogens is 1. The first-order valence-corrected chi connectivity index (χ1v) is 13.0. The van der Waals surface area contributed by atoms with Crippen molar-refractivity contribution in [1.82, 2.24) is 20.0 Å². The Hall–Kier alpha value is -3.81. The quantitative estimate of drug-likeness (QED) is 0.438. The van der Waals surface area contributed by atoms with Gasteiger partial charge in [-0.2, -0.15) is 0 Å². The van der Waals surface area contributed by atoms with E-state index in [4.69, 9.17) is 0 Å². The fraction of sp³-hybridized carbons (Fsp3) is 0.379. The largest absolute Gasteiger partial charge is 0.353 e. The third kappa shape index (κ3) is 7.35. The van der Waals surface area contributed by atoms with E-state index in [1.165, 1.54) is 12.1 Å². The maximum Gasteiger partial charge on any atom is 0.242 e. The molecule has 1 fully saturated rings. The van der Waals surface area contributed by atoms with Gasteiger partial charge in [0.2, 0.25) is 11.8 Å². The van der Waals surface area contributed by atoms with Gasteiger partial charge in [-0.25, -0.2) is 4.39 Å². The molecule has 0 saturated carbocycles. The first-order chi connectivity index (χ1) is 18.0. The molecule has 1 aromatic heterocycles. The summed E-state index contributed by atoms with van der Waals surface area (Å²) in [7, 11) is 0. The second-order valence-electron chi connectivity index (χ2n) is 9.34. The number of hydrogen-bond acceptors (Lipinski definition) is 5. The van der Waals surface area contributed by atoms with E-state index >= 15 is 0 Å². The monoisotopic (exact) mass is 503 g/mol. The van der Waals surface area contributed by atoms with Gasteiger partial charge in [-0.3, -0.25) is 9.59 Å². The molecule has 8 heteroatoms. The summed E-state index contributed by atoms with van der Waals surface area (Å²) in [6.07, 6.45) is 2.94. The van der Waals surface area contributed by atoms with E-state index in [-0.39, 0.29) is 24.2 Å². The second kappa shape index (κ2) is 12.9. The molecule has 2 amide bonds.